The second-order valence-corrected chi connectivity index (χ2v) is 4.67. The van der Waals surface area contributed by atoms with Gasteiger partial charge in [-0.1, -0.05) is 36.2 Å². The Bertz CT molecular complexity index is 311. The van der Waals surface area contributed by atoms with Crippen LogP contribution in [-0.4, -0.2) is 19.7 Å². The predicted molar refractivity (Wildman–Crippen MR) is 74.4 cm³/mol. The number of benzene rings is 1. The fourth-order valence-electron chi connectivity index (χ4n) is 1.45. The number of nitrogens with one attached hydrogen (secondary N) is 1. The molecule has 2 nitrogen and oxygen atoms in total. The van der Waals surface area contributed by atoms with E-state index in [0.717, 1.165) is 25.9 Å². The first kappa shape index (κ1) is 14.6. The third-order valence-electron chi connectivity index (χ3n) is 2.34. The normalized spacial score (nSPS) is 10.5. The smallest absolute Gasteiger partial charge is 0.156 e. The fourth-order valence-corrected chi connectivity index (χ4v) is 1.96. The second-order valence-electron chi connectivity index (χ2n) is 3.86. The van der Waals surface area contributed by atoms with Gasteiger partial charge in [0.2, 0.25) is 0 Å². The van der Waals surface area contributed by atoms with Gasteiger partial charge in [-0.3, -0.25) is 0 Å². The number of halogens is 2. The molecule has 0 unspecified atom stereocenters. The third kappa shape index (κ3) is 5.62. The molecule has 0 bridgehead atoms. The fraction of sp³-hybridized carbons (Fsp3) is 0.538. The third-order valence-corrected chi connectivity index (χ3v) is 2.94. The van der Waals surface area contributed by atoms with Gasteiger partial charge in [0, 0.05) is 0 Å². The Kier molecular flexibility index (Phi) is 7.41. The van der Waals surface area contributed by atoms with E-state index >= 15 is 0 Å². The van der Waals surface area contributed by atoms with Crippen molar-refractivity contribution in [3.8, 4) is 5.75 Å². The van der Waals surface area contributed by atoms with Crippen LogP contribution in [0.5, 0.6) is 5.75 Å². The van der Waals surface area contributed by atoms with Gasteiger partial charge in [0.25, 0.3) is 0 Å². The summed E-state index contributed by atoms with van der Waals surface area (Å²) in [5.74, 6) is 0.595. The molecule has 0 aliphatic rings. The monoisotopic (exact) mass is 275 g/mol. The van der Waals surface area contributed by atoms with Crippen LogP contribution < -0.4 is 10.1 Å². The molecule has 0 amide bonds. The average molecular weight is 276 g/mol. The van der Waals surface area contributed by atoms with Gasteiger partial charge in [0.05, 0.1) is 16.7 Å². The molecule has 0 heterocycles. The maximum atomic E-state index is 5.99. The zero-order valence-corrected chi connectivity index (χ0v) is 11.7. The van der Waals surface area contributed by atoms with Gasteiger partial charge in [-0.25, -0.2) is 0 Å². The van der Waals surface area contributed by atoms with Crippen LogP contribution in [0, 0.1) is 0 Å². The minimum Gasteiger partial charge on any atom is -0.490 e. The van der Waals surface area contributed by atoms with Crippen LogP contribution in [0.2, 0.25) is 10.0 Å². The van der Waals surface area contributed by atoms with E-state index in [1.807, 2.05) is 6.07 Å². The molecular weight excluding hydrogens is 257 g/mol. The minimum absolute atomic E-state index is 0.571. The van der Waals surface area contributed by atoms with Crippen LogP contribution >= 0.6 is 23.2 Å². The molecule has 0 aromatic heterocycles. The lowest BCUT2D eigenvalue weighted by molar-refractivity contribution is 0.306. The SMILES string of the molecule is CCCNCCCCOc1c(Cl)cccc1Cl. The molecule has 0 saturated carbocycles. The van der Waals surface area contributed by atoms with E-state index in [-0.39, 0.29) is 0 Å². The molecule has 1 rings (SSSR count). The minimum atomic E-state index is 0.571. The van der Waals surface area contributed by atoms with Gasteiger partial charge in [-0.15, -0.1) is 0 Å². The first-order valence-electron chi connectivity index (χ1n) is 6.03. The summed E-state index contributed by atoms with van der Waals surface area (Å²) in [4.78, 5) is 0. The van der Waals surface area contributed by atoms with Gasteiger partial charge in [0.15, 0.2) is 5.75 Å². The molecule has 17 heavy (non-hydrogen) atoms. The number of hydrogen-bond acceptors (Lipinski definition) is 2. The van der Waals surface area contributed by atoms with E-state index < -0.39 is 0 Å². The number of unbranched alkanes of at least 4 members (excludes halogenated alkanes) is 1. The Hall–Kier alpha value is -0.440. The van der Waals surface area contributed by atoms with Crippen molar-refractivity contribution in [2.75, 3.05) is 19.7 Å². The molecule has 0 aliphatic carbocycles. The predicted octanol–water partition coefficient (Wildman–Crippen LogP) is 4.15. The molecule has 96 valence electrons. The molecule has 1 N–H and O–H groups in total. The van der Waals surface area contributed by atoms with Crippen molar-refractivity contribution >= 4 is 23.2 Å². The van der Waals surface area contributed by atoms with Crippen LogP contribution in [0.15, 0.2) is 18.2 Å². The van der Waals surface area contributed by atoms with Crippen molar-refractivity contribution in [3.05, 3.63) is 28.2 Å². The Balaban J connectivity index is 2.18. The van der Waals surface area contributed by atoms with E-state index in [9.17, 15) is 0 Å². The van der Waals surface area contributed by atoms with Crippen LogP contribution in [-0.2, 0) is 0 Å². The Morgan fingerprint density at radius 1 is 1.12 bits per heavy atom. The molecule has 0 radical (unpaired) electrons. The van der Waals surface area contributed by atoms with Gasteiger partial charge >= 0.3 is 0 Å². The number of ether oxygens (including phenoxy) is 1. The van der Waals surface area contributed by atoms with Crippen molar-refractivity contribution in [2.45, 2.75) is 26.2 Å². The number of para-hydroxylation sites is 1. The molecule has 4 heteroatoms. The lowest BCUT2D eigenvalue weighted by Gasteiger charge is -2.09. The van der Waals surface area contributed by atoms with Crippen LogP contribution in [0.1, 0.15) is 26.2 Å². The van der Waals surface area contributed by atoms with Crippen molar-refractivity contribution < 1.29 is 4.74 Å². The lowest BCUT2D eigenvalue weighted by Crippen LogP contribution is -2.16. The Morgan fingerprint density at radius 3 is 2.47 bits per heavy atom. The molecule has 0 atom stereocenters. The maximum absolute atomic E-state index is 5.99. The van der Waals surface area contributed by atoms with Gasteiger partial charge in [-0.2, -0.15) is 0 Å². The molecule has 0 aliphatic heterocycles. The summed E-state index contributed by atoms with van der Waals surface area (Å²) in [7, 11) is 0. The van der Waals surface area contributed by atoms with Crippen LogP contribution in [0.25, 0.3) is 0 Å². The topological polar surface area (TPSA) is 21.3 Å². The molecule has 0 spiro atoms. The van der Waals surface area contributed by atoms with E-state index in [2.05, 4.69) is 12.2 Å². The van der Waals surface area contributed by atoms with Crippen molar-refractivity contribution in [3.63, 3.8) is 0 Å². The van der Waals surface area contributed by atoms with Crippen molar-refractivity contribution in [2.24, 2.45) is 0 Å². The molecular formula is C13H19Cl2NO. The summed E-state index contributed by atoms with van der Waals surface area (Å²) in [6.45, 7) is 4.93. The summed E-state index contributed by atoms with van der Waals surface area (Å²) < 4.78 is 5.58. The summed E-state index contributed by atoms with van der Waals surface area (Å²) >= 11 is 12.0. The van der Waals surface area contributed by atoms with Gasteiger partial charge in [0.1, 0.15) is 0 Å². The highest BCUT2D eigenvalue weighted by atomic mass is 35.5. The van der Waals surface area contributed by atoms with E-state index in [0.29, 0.717) is 22.4 Å². The zero-order chi connectivity index (χ0) is 12.5. The molecule has 1 aromatic rings. The van der Waals surface area contributed by atoms with Crippen LogP contribution in [0.3, 0.4) is 0 Å². The van der Waals surface area contributed by atoms with Gasteiger partial charge in [-0.05, 0) is 44.5 Å². The Labute approximate surface area is 113 Å². The summed E-state index contributed by atoms with van der Waals surface area (Å²) in [5, 5.41) is 4.49. The average Bonchev–Trinajstić information content (AvgIpc) is 2.31. The maximum Gasteiger partial charge on any atom is 0.156 e. The highest BCUT2D eigenvalue weighted by molar-refractivity contribution is 6.37. The first-order valence-corrected chi connectivity index (χ1v) is 6.78. The summed E-state index contributed by atoms with van der Waals surface area (Å²) in [5.41, 5.74) is 0. The van der Waals surface area contributed by atoms with Crippen molar-refractivity contribution in [1.29, 1.82) is 0 Å². The Morgan fingerprint density at radius 2 is 1.82 bits per heavy atom. The second kappa shape index (κ2) is 8.62. The molecule has 0 saturated heterocycles. The first-order chi connectivity index (χ1) is 8.25. The van der Waals surface area contributed by atoms with Gasteiger partial charge < -0.3 is 10.1 Å². The lowest BCUT2D eigenvalue weighted by atomic mass is 10.3. The summed E-state index contributed by atoms with van der Waals surface area (Å²) in [6.07, 6.45) is 3.27. The van der Waals surface area contributed by atoms with Crippen LogP contribution in [0.4, 0.5) is 0 Å². The zero-order valence-electron chi connectivity index (χ0n) is 10.1. The highest BCUT2D eigenvalue weighted by Gasteiger charge is 2.05. The van der Waals surface area contributed by atoms with E-state index in [4.69, 9.17) is 27.9 Å². The van der Waals surface area contributed by atoms with E-state index in [1.54, 1.807) is 12.1 Å². The van der Waals surface area contributed by atoms with E-state index in [1.165, 1.54) is 6.42 Å². The molecule has 1 aromatic carbocycles. The standard InChI is InChI=1S/C13H19Cl2NO/c1-2-8-16-9-3-4-10-17-13-11(14)6-5-7-12(13)15/h5-7,16H,2-4,8-10H2,1H3. The summed E-state index contributed by atoms with van der Waals surface area (Å²) in [6, 6.07) is 5.38. The number of rotatable bonds is 8. The number of hydrogen-bond donors (Lipinski definition) is 1. The largest absolute Gasteiger partial charge is 0.490 e. The molecule has 0 fully saturated rings. The quantitative estimate of drug-likeness (QED) is 0.720. The van der Waals surface area contributed by atoms with Crippen molar-refractivity contribution in [1.82, 2.24) is 5.32 Å². The highest BCUT2D eigenvalue weighted by Crippen LogP contribution is 2.32.